The number of likely N-dealkylation sites (tertiary alicyclic amines) is 2. The monoisotopic (exact) mass is 376 g/mol. The summed E-state index contributed by atoms with van der Waals surface area (Å²) in [5.41, 5.74) is 3.89. The van der Waals surface area contributed by atoms with Crippen molar-refractivity contribution in [3.63, 3.8) is 0 Å². The van der Waals surface area contributed by atoms with E-state index in [0.717, 1.165) is 42.6 Å². The second kappa shape index (κ2) is 7.51. The van der Waals surface area contributed by atoms with Crippen LogP contribution in [-0.2, 0) is 0 Å². The van der Waals surface area contributed by atoms with Crippen LogP contribution in [0.15, 0.2) is 48.5 Å². The molecule has 146 valence electrons. The first-order chi connectivity index (χ1) is 13.5. The number of amides is 1. The molecule has 1 spiro atoms. The second-order valence-electron chi connectivity index (χ2n) is 8.49. The van der Waals surface area contributed by atoms with Crippen molar-refractivity contribution in [1.82, 2.24) is 9.80 Å². The average Bonchev–Trinajstić information content (AvgIpc) is 3.08. The zero-order chi connectivity index (χ0) is 19.7. The van der Waals surface area contributed by atoms with E-state index in [0.29, 0.717) is 11.0 Å². The zero-order valence-electron chi connectivity index (χ0n) is 16.8. The minimum atomic E-state index is 0.0602. The Morgan fingerprint density at radius 2 is 1.54 bits per heavy atom. The van der Waals surface area contributed by atoms with Crippen molar-refractivity contribution in [2.75, 3.05) is 33.2 Å². The topological polar surface area (TPSA) is 40.6 Å². The van der Waals surface area contributed by atoms with Crippen LogP contribution in [0, 0.1) is 5.41 Å². The average molecular weight is 377 g/mol. The third-order valence-electron chi connectivity index (χ3n) is 6.47. The van der Waals surface area contributed by atoms with Crippen LogP contribution >= 0.6 is 0 Å². The van der Waals surface area contributed by atoms with Crippen molar-refractivity contribution in [2.24, 2.45) is 5.41 Å². The number of hydrogen-bond donors (Lipinski definition) is 0. The molecule has 2 aromatic carbocycles. The summed E-state index contributed by atoms with van der Waals surface area (Å²) in [6, 6.07) is 15.4. The lowest BCUT2D eigenvalue weighted by molar-refractivity contribution is 0.0594. The minimum absolute atomic E-state index is 0.0602. The maximum absolute atomic E-state index is 12.9. The Labute approximate surface area is 167 Å². The lowest BCUT2D eigenvalue weighted by atomic mass is 9.77. The van der Waals surface area contributed by atoms with Crippen molar-refractivity contribution in [2.45, 2.75) is 26.2 Å². The van der Waals surface area contributed by atoms with Gasteiger partial charge in [0.25, 0.3) is 5.91 Å². The maximum atomic E-state index is 12.9. The van der Waals surface area contributed by atoms with Crippen molar-refractivity contribution in [3.8, 4) is 11.1 Å². The number of benzene rings is 2. The van der Waals surface area contributed by atoms with E-state index in [1.165, 1.54) is 19.5 Å². The molecule has 0 aliphatic carbocycles. The van der Waals surface area contributed by atoms with Gasteiger partial charge >= 0.3 is 0 Å². The van der Waals surface area contributed by atoms with Crippen LogP contribution in [0.25, 0.3) is 11.1 Å². The minimum Gasteiger partial charge on any atom is -0.339 e. The highest BCUT2D eigenvalue weighted by Gasteiger charge is 2.40. The van der Waals surface area contributed by atoms with Gasteiger partial charge in [-0.15, -0.1) is 0 Å². The normalized spacial score (nSPS) is 19.1. The van der Waals surface area contributed by atoms with Gasteiger partial charge in [0.05, 0.1) is 0 Å². The Hall–Kier alpha value is -2.46. The van der Waals surface area contributed by atoms with Gasteiger partial charge in [-0.2, -0.15) is 0 Å². The summed E-state index contributed by atoms with van der Waals surface area (Å²) in [7, 11) is 2.19. The van der Waals surface area contributed by atoms with Crippen molar-refractivity contribution in [1.29, 1.82) is 0 Å². The molecule has 2 aliphatic heterocycles. The predicted octanol–water partition coefficient (Wildman–Crippen LogP) is 4.11. The fourth-order valence-electron chi connectivity index (χ4n) is 4.66. The quantitative estimate of drug-likeness (QED) is 0.757. The van der Waals surface area contributed by atoms with E-state index < -0.39 is 0 Å². The summed E-state index contributed by atoms with van der Waals surface area (Å²) in [5, 5.41) is 0. The van der Waals surface area contributed by atoms with Crippen LogP contribution in [0.2, 0.25) is 0 Å². The molecule has 0 bridgehead atoms. The molecule has 0 atom stereocenters. The molecule has 2 aromatic rings. The van der Waals surface area contributed by atoms with Crippen LogP contribution in [0.5, 0.6) is 0 Å². The largest absolute Gasteiger partial charge is 0.339 e. The molecule has 2 heterocycles. The molecular formula is C24H28N2O2. The first kappa shape index (κ1) is 18.9. The molecule has 0 saturated carbocycles. The van der Waals surface area contributed by atoms with Gasteiger partial charge in [-0.1, -0.05) is 30.3 Å². The first-order valence-electron chi connectivity index (χ1n) is 10.2. The van der Waals surface area contributed by atoms with Crippen LogP contribution in [0.1, 0.15) is 46.9 Å². The van der Waals surface area contributed by atoms with Crippen LogP contribution in [0.3, 0.4) is 0 Å². The van der Waals surface area contributed by atoms with E-state index in [1.54, 1.807) is 6.92 Å². The summed E-state index contributed by atoms with van der Waals surface area (Å²) >= 11 is 0. The molecule has 0 N–H and O–H groups in total. The summed E-state index contributed by atoms with van der Waals surface area (Å²) < 4.78 is 0. The number of rotatable bonds is 3. The number of nitrogens with zero attached hydrogens (tertiary/aromatic N) is 2. The van der Waals surface area contributed by atoms with Crippen molar-refractivity contribution < 1.29 is 9.59 Å². The van der Waals surface area contributed by atoms with E-state index in [2.05, 4.69) is 11.9 Å². The van der Waals surface area contributed by atoms with E-state index in [1.807, 2.05) is 53.4 Å². The van der Waals surface area contributed by atoms with Gasteiger partial charge in [0.2, 0.25) is 0 Å². The molecule has 2 aliphatic rings. The third-order valence-corrected chi connectivity index (χ3v) is 6.47. The van der Waals surface area contributed by atoms with Gasteiger partial charge in [0.15, 0.2) is 5.78 Å². The lowest BCUT2D eigenvalue weighted by Gasteiger charge is -2.39. The Morgan fingerprint density at radius 1 is 0.857 bits per heavy atom. The van der Waals surface area contributed by atoms with Crippen LogP contribution in [0.4, 0.5) is 0 Å². The Balaban J connectivity index is 1.43. The summed E-state index contributed by atoms with van der Waals surface area (Å²) in [6.45, 7) is 5.64. The van der Waals surface area contributed by atoms with Gasteiger partial charge in [0, 0.05) is 30.8 Å². The molecule has 4 rings (SSSR count). The summed E-state index contributed by atoms with van der Waals surface area (Å²) in [4.78, 5) is 29.0. The predicted molar refractivity (Wildman–Crippen MR) is 112 cm³/mol. The van der Waals surface area contributed by atoms with Crippen molar-refractivity contribution >= 4 is 11.7 Å². The molecule has 0 aromatic heterocycles. The number of carbonyl (C=O) groups is 2. The number of hydrogen-bond acceptors (Lipinski definition) is 3. The summed E-state index contributed by atoms with van der Waals surface area (Å²) in [5.74, 6) is 0.190. The zero-order valence-corrected chi connectivity index (χ0v) is 16.8. The molecule has 4 nitrogen and oxygen atoms in total. The molecule has 0 radical (unpaired) electrons. The van der Waals surface area contributed by atoms with Gasteiger partial charge < -0.3 is 9.80 Å². The Bertz CT molecular complexity index is 880. The highest BCUT2D eigenvalue weighted by Crippen LogP contribution is 2.40. The molecule has 0 unspecified atom stereocenters. The second-order valence-corrected chi connectivity index (χ2v) is 8.49. The third kappa shape index (κ3) is 3.74. The Kier molecular flexibility index (Phi) is 5.07. The number of piperidine rings is 1. The van der Waals surface area contributed by atoms with Gasteiger partial charge in [-0.25, -0.2) is 0 Å². The molecule has 1 amide bonds. The number of carbonyl (C=O) groups excluding carboxylic acids is 2. The number of Topliss-reactive ketones (excluding diaryl/α,β-unsaturated/α-hetero) is 1. The first-order valence-corrected chi connectivity index (χ1v) is 10.2. The maximum Gasteiger partial charge on any atom is 0.253 e. The molecule has 2 fully saturated rings. The SMILES string of the molecule is CC(=O)c1cccc(-c2ccc(C(=O)N3CCC4(CCN(C)C4)CC3)cc2)c1. The van der Waals surface area contributed by atoms with E-state index in [-0.39, 0.29) is 11.7 Å². The lowest BCUT2D eigenvalue weighted by Crippen LogP contribution is -2.44. The fourth-order valence-corrected chi connectivity index (χ4v) is 4.66. The van der Waals surface area contributed by atoms with Gasteiger partial charge in [0.1, 0.15) is 0 Å². The molecule has 4 heteroatoms. The Morgan fingerprint density at radius 3 is 2.14 bits per heavy atom. The van der Waals surface area contributed by atoms with Crippen LogP contribution in [-0.4, -0.2) is 54.7 Å². The van der Waals surface area contributed by atoms with Gasteiger partial charge in [-0.05, 0) is 74.5 Å². The smallest absolute Gasteiger partial charge is 0.253 e. The molecule has 2 saturated heterocycles. The fraction of sp³-hybridized carbons (Fsp3) is 0.417. The van der Waals surface area contributed by atoms with Crippen LogP contribution < -0.4 is 0 Å². The molecule has 28 heavy (non-hydrogen) atoms. The summed E-state index contributed by atoms with van der Waals surface area (Å²) in [6.07, 6.45) is 3.48. The van der Waals surface area contributed by atoms with Gasteiger partial charge in [-0.3, -0.25) is 9.59 Å². The van der Waals surface area contributed by atoms with E-state index in [4.69, 9.17) is 0 Å². The number of ketones is 1. The highest BCUT2D eigenvalue weighted by atomic mass is 16.2. The van der Waals surface area contributed by atoms with E-state index in [9.17, 15) is 9.59 Å². The molecular weight excluding hydrogens is 348 g/mol. The van der Waals surface area contributed by atoms with Crippen molar-refractivity contribution in [3.05, 3.63) is 59.7 Å². The van der Waals surface area contributed by atoms with E-state index >= 15 is 0 Å². The highest BCUT2D eigenvalue weighted by molar-refractivity contribution is 5.96. The standard InChI is InChI=1S/C24H28N2O2/c1-18(27)21-4-3-5-22(16-21)19-6-8-20(9-7-19)23(28)26-14-11-24(12-15-26)10-13-25(2)17-24/h3-9,16H,10-15,17H2,1-2H3.